The number of rotatable bonds is 3. The van der Waals surface area contributed by atoms with E-state index < -0.39 is 0 Å². The van der Waals surface area contributed by atoms with E-state index in [0.29, 0.717) is 5.56 Å². The molecule has 20 heavy (non-hydrogen) atoms. The maximum Gasteiger partial charge on any atom is 0.243 e. The van der Waals surface area contributed by atoms with Crippen LogP contribution in [0, 0.1) is 11.3 Å². The van der Waals surface area contributed by atoms with Gasteiger partial charge >= 0.3 is 0 Å². The van der Waals surface area contributed by atoms with E-state index in [1.54, 1.807) is 31.2 Å². The minimum atomic E-state index is -0.0330. The topological polar surface area (TPSA) is 61.9 Å². The van der Waals surface area contributed by atoms with Gasteiger partial charge in [0.25, 0.3) is 0 Å². The van der Waals surface area contributed by atoms with Gasteiger partial charge in [0.2, 0.25) is 5.91 Å². The van der Waals surface area contributed by atoms with Crippen molar-refractivity contribution in [1.29, 1.82) is 5.26 Å². The van der Waals surface area contributed by atoms with Gasteiger partial charge in [-0.2, -0.15) is 10.4 Å². The third kappa shape index (κ3) is 2.89. The van der Waals surface area contributed by atoms with Crippen molar-refractivity contribution in [2.75, 3.05) is 14.1 Å². The second-order valence-corrected chi connectivity index (χ2v) is 5.34. The molecule has 0 radical (unpaired) electrons. The lowest BCUT2D eigenvalue weighted by molar-refractivity contribution is -0.129. The van der Waals surface area contributed by atoms with Crippen LogP contribution in [0.1, 0.15) is 5.56 Å². The molecule has 0 fully saturated rings. The van der Waals surface area contributed by atoms with E-state index in [9.17, 15) is 10.1 Å². The lowest BCUT2D eigenvalue weighted by Crippen LogP contribution is -2.26. The molecule has 1 amide bonds. The second kappa shape index (κ2) is 5.88. The zero-order valence-corrected chi connectivity index (χ0v) is 12.8. The van der Waals surface area contributed by atoms with Gasteiger partial charge in [-0.3, -0.25) is 9.48 Å². The van der Waals surface area contributed by atoms with Gasteiger partial charge in [-0.05, 0) is 22.0 Å². The fraction of sp³-hybridized carbons (Fsp3) is 0.214. The zero-order valence-electron chi connectivity index (χ0n) is 11.2. The molecule has 0 unspecified atom stereocenters. The van der Waals surface area contributed by atoms with E-state index in [1.807, 2.05) is 18.2 Å². The fourth-order valence-electron chi connectivity index (χ4n) is 1.75. The maximum absolute atomic E-state index is 11.6. The Labute approximate surface area is 125 Å². The van der Waals surface area contributed by atoms with Crippen LogP contribution in [-0.2, 0) is 11.3 Å². The van der Waals surface area contributed by atoms with Gasteiger partial charge in [0.05, 0.1) is 11.8 Å². The van der Waals surface area contributed by atoms with Crippen LogP contribution >= 0.6 is 15.9 Å². The number of hydrogen-bond donors (Lipinski definition) is 0. The molecule has 6 heteroatoms. The first-order valence-corrected chi connectivity index (χ1v) is 6.74. The predicted molar refractivity (Wildman–Crippen MR) is 78.8 cm³/mol. The van der Waals surface area contributed by atoms with Crippen molar-refractivity contribution in [2.24, 2.45) is 0 Å². The van der Waals surface area contributed by atoms with Crippen molar-refractivity contribution in [3.05, 3.63) is 40.6 Å². The molecule has 1 aromatic carbocycles. The number of aromatic nitrogens is 2. The molecular formula is C14H13BrN4O. The van der Waals surface area contributed by atoms with E-state index in [-0.39, 0.29) is 12.5 Å². The average molecular weight is 333 g/mol. The normalized spacial score (nSPS) is 10.1. The average Bonchev–Trinajstić information content (AvgIpc) is 2.86. The van der Waals surface area contributed by atoms with Crippen LogP contribution in [0.4, 0.5) is 0 Å². The summed E-state index contributed by atoms with van der Waals surface area (Å²) in [6.45, 7) is 0.183. The number of carbonyl (C=O) groups excluding carboxylic acids is 1. The molecule has 1 heterocycles. The van der Waals surface area contributed by atoms with E-state index in [4.69, 9.17) is 0 Å². The predicted octanol–water partition coefficient (Wildman–Crippen LogP) is 2.27. The standard InChI is InChI=1S/C14H13BrN4O/c1-18(2)14(20)9-19-8-10(7-17-19)11-4-3-5-13(15)12(11)6-16/h3-5,7-8H,9H2,1-2H3. The van der Waals surface area contributed by atoms with Crippen LogP contribution in [-0.4, -0.2) is 34.7 Å². The molecule has 2 rings (SSSR count). The number of nitriles is 1. The van der Waals surface area contributed by atoms with Crippen molar-refractivity contribution >= 4 is 21.8 Å². The SMILES string of the molecule is CN(C)C(=O)Cn1cc(-c2cccc(Br)c2C#N)cn1. The number of benzene rings is 1. The minimum absolute atomic E-state index is 0.0330. The lowest BCUT2D eigenvalue weighted by Gasteiger charge is -2.09. The highest BCUT2D eigenvalue weighted by molar-refractivity contribution is 9.10. The van der Waals surface area contributed by atoms with Gasteiger partial charge in [0.1, 0.15) is 12.6 Å². The van der Waals surface area contributed by atoms with E-state index in [1.165, 1.54) is 4.90 Å². The summed E-state index contributed by atoms with van der Waals surface area (Å²) in [6.07, 6.45) is 3.43. The van der Waals surface area contributed by atoms with Gasteiger partial charge in [-0.1, -0.05) is 12.1 Å². The number of hydrogen-bond acceptors (Lipinski definition) is 3. The number of amides is 1. The van der Waals surface area contributed by atoms with Gasteiger partial charge in [-0.25, -0.2) is 0 Å². The number of halogens is 1. The van der Waals surface area contributed by atoms with Gasteiger partial charge in [0, 0.05) is 35.9 Å². The molecule has 5 nitrogen and oxygen atoms in total. The Hall–Kier alpha value is -2.13. The van der Waals surface area contributed by atoms with Crippen molar-refractivity contribution in [1.82, 2.24) is 14.7 Å². The van der Waals surface area contributed by atoms with Crippen molar-refractivity contribution in [2.45, 2.75) is 6.54 Å². The molecule has 0 aliphatic heterocycles. The van der Waals surface area contributed by atoms with Crippen LogP contribution < -0.4 is 0 Å². The second-order valence-electron chi connectivity index (χ2n) is 4.49. The molecule has 0 atom stereocenters. The molecule has 0 aliphatic carbocycles. The highest BCUT2D eigenvalue weighted by Crippen LogP contribution is 2.28. The summed E-state index contributed by atoms with van der Waals surface area (Å²) in [7, 11) is 3.41. The van der Waals surface area contributed by atoms with E-state index in [0.717, 1.165) is 15.6 Å². The lowest BCUT2D eigenvalue weighted by atomic mass is 10.0. The largest absolute Gasteiger partial charge is 0.347 e. The van der Waals surface area contributed by atoms with Crippen molar-refractivity contribution < 1.29 is 4.79 Å². The summed E-state index contributed by atoms with van der Waals surface area (Å²) < 4.78 is 2.31. The fourth-order valence-corrected chi connectivity index (χ4v) is 2.20. The first-order chi connectivity index (χ1) is 9.52. The summed E-state index contributed by atoms with van der Waals surface area (Å²) in [6, 6.07) is 7.72. The quantitative estimate of drug-likeness (QED) is 0.866. The summed E-state index contributed by atoms with van der Waals surface area (Å²) in [5, 5.41) is 13.4. The molecule has 0 N–H and O–H groups in total. The molecular weight excluding hydrogens is 320 g/mol. The first-order valence-electron chi connectivity index (χ1n) is 5.94. The van der Waals surface area contributed by atoms with Crippen LogP contribution in [0.15, 0.2) is 35.1 Å². The van der Waals surface area contributed by atoms with Crippen molar-refractivity contribution in [3.8, 4) is 17.2 Å². The number of nitrogens with zero attached hydrogens (tertiary/aromatic N) is 4. The summed E-state index contributed by atoms with van der Waals surface area (Å²) >= 11 is 3.36. The maximum atomic E-state index is 11.6. The summed E-state index contributed by atoms with van der Waals surface area (Å²) in [5.74, 6) is -0.0330. The van der Waals surface area contributed by atoms with Crippen LogP contribution in [0.5, 0.6) is 0 Å². The van der Waals surface area contributed by atoms with Gasteiger partial charge < -0.3 is 4.90 Å². The van der Waals surface area contributed by atoms with Crippen LogP contribution in [0.3, 0.4) is 0 Å². The monoisotopic (exact) mass is 332 g/mol. The Kier molecular flexibility index (Phi) is 4.20. The minimum Gasteiger partial charge on any atom is -0.347 e. The smallest absolute Gasteiger partial charge is 0.243 e. The molecule has 0 saturated heterocycles. The molecule has 0 aliphatic rings. The zero-order chi connectivity index (χ0) is 14.7. The van der Waals surface area contributed by atoms with Crippen molar-refractivity contribution in [3.63, 3.8) is 0 Å². The third-order valence-electron chi connectivity index (χ3n) is 2.87. The molecule has 102 valence electrons. The Balaban J connectivity index is 2.33. The highest BCUT2D eigenvalue weighted by Gasteiger charge is 2.11. The highest BCUT2D eigenvalue weighted by atomic mass is 79.9. The van der Waals surface area contributed by atoms with E-state index in [2.05, 4.69) is 27.1 Å². The molecule has 0 saturated carbocycles. The third-order valence-corrected chi connectivity index (χ3v) is 3.53. The van der Waals surface area contributed by atoms with Gasteiger partial charge in [0.15, 0.2) is 0 Å². The Bertz CT molecular complexity index is 685. The Morgan fingerprint density at radius 3 is 2.90 bits per heavy atom. The van der Waals surface area contributed by atoms with E-state index >= 15 is 0 Å². The number of carbonyl (C=O) groups is 1. The molecule has 0 bridgehead atoms. The Morgan fingerprint density at radius 2 is 2.25 bits per heavy atom. The number of likely N-dealkylation sites (N-methyl/N-ethyl adjacent to an activating group) is 1. The van der Waals surface area contributed by atoms with Crippen LogP contribution in [0.25, 0.3) is 11.1 Å². The summed E-state index contributed by atoms with van der Waals surface area (Å²) in [5.41, 5.74) is 2.17. The molecule has 1 aromatic heterocycles. The Morgan fingerprint density at radius 1 is 1.50 bits per heavy atom. The molecule has 2 aromatic rings. The first kappa shape index (κ1) is 14.3. The molecule has 0 spiro atoms. The van der Waals surface area contributed by atoms with Gasteiger partial charge in [-0.15, -0.1) is 0 Å². The summed E-state index contributed by atoms with van der Waals surface area (Å²) in [4.78, 5) is 13.2. The van der Waals surface area contributed by atoms with Crippen LogP contribution in [0.2, 0.25) is 0 Å².